The average molecular weight is 230 g/mol. The molecule has 3 nitrogen and oxygen atoms in total. The zero-order valence-corrected chi connectivity index (χ0v) is 9.35. The summed E-state index contributed by atoms with van der Waals surface area (Å²) in [6.07, 6.45) is 3.76. The van der Waals surface area contributed by atoms with E-state index < -0.39 is 5.95 Å². The number of carbonyl (C=O) groups excluding carboxylic acids is 1. The SMILES string of the molecule is CCc1ccc(C(=O)c2ccc(F)nc2)nc1. The molecule has 0 saturated heterocycles. The molecule has 0 aliphatic heterocycles. The van der Waals surface area contributed by atoms with Gasteiger partial charge in [-0.15, -0.1) is 0 Å². The van der Waals surface area contributed by atoms with Crippen LogP contribution in [0.1, 0.15) is 28.5 Å². The van der Waals surface area contributed by atoms with E-state index in [2.05, 4.69) is 9.97 Å². The lowest BCUT2D eigenvalue weighted by atomic mass is 10.1. The monoisotopic (exact) mass is 230 g/mol. The minimum absolute atomic E-state index is 0.250. The van der Waals surface area contributed by atoms with Gasteiger partial charge in [0, 0.05) is 18.0 Å². The zero-order chi connectivity index (χ0) is 12.3. The highest BCUT2D eigenvalue weighted by Crippen LogP contribution is 2.08. The second kappa shape index (κ2) is 4.82. The van der Waals surface area contributed by atoms with Gasteiger partial charge in [0.1, 0.15) is 5.69 Å². The van der Waals surface area contributed by atoms with Crippen LogP contribution in [-0.4, -0.2) is 15.8 Å². The van der Waals surface area contributed by atoms with Crippen molar-refractivity contribution in [1.82, 2.24) is 9.97 Å². The molecular weight excluding hydrogens is 219 g/mol. The molecule has 0 unspecified atom stereocenters. The molecule has 2 aromatic heterocycles. The van der Waals surface area contributed by atoms with Gasteiger partial charge in [-0.25, -0.2) is 4.98 Å². The third kappa shape index (κ3) is 2.53. The average Bonchev–Trinajstić information content (AvgIpc) is 2.39. The third-order valence-electron chi connectivity index (χ3n) is 2.46. The van der Waals surface area contributed by atoms with Crippen molar-refractivity contribution in [1.29, 1.82) is 0 Å². The maximum atomic E-state index is 12.6. The van der Waals surface area contributed by atoms with Crippen LogP contribution >= 0.6 is 0 Å². The second-order valence-corrected chi connectivity index (χ2v) is 3.60. The highest BCUT2D eigenvalue weighted by atomic mass is 19.1. The van der Waals surface area contributed by atoms with Gasteiger partial charge in [-0.05, 0) is 30.2 Å². The first-order valence-electron chi connectivity index (χ1n) is 5.32. The predicted octanol–water partition coefficient (Wildman–Crippen LogP) is 2.41. The lowest BCUT2D eigenvalue weighted by molar-refractivity contribution is 0.103. The molecule has 4 heteroatoms. The van der Waals surface area contributed by atoms with E-state index in [0.717, 1.165) is 18.1 Å². The Labute approximate surface area is 98.3 Å². The first-order valence-corrected chi connectivity index (χ1v) is 5.32. The quantitative estimate of drug-likeness (QED) is 0.600. The summed E-state index contributed by atoms with van der Waals surface area (Å²) in [5, 5.41) is 0. The van der Waals surface area contributed by atoms with E-state index in [1.807, 2.05) is 13.0 Å². The van der Waals surface area contributed by atoms with Gasteiger partial charge >= 0.3 is 0 Å². The number of carbonyl (C=O) groups is 1. The van der Waals surface area contributed by atoms with Crippen LogP contribution in [-0.2, 0) is 6.42 Å². The molecule has 0 amide bonds. The second-order valence-electron chi connectivity index (χ2n) is 3.60. The van der Waals surface area contributed by atoms with Crippen molar-refractivity contribution in [3.63, 3.8) is 0 Å². The lowest BCUT2D eigenvalue weighted by Crippen LogP contribution is -2.05. The highest BCUT2D eigenvalue weighted by Gasteiger charge is 2.10. The fourth-order valence-electron chi connectivity index (χ4n) is 1.43. The Morgan fingerprint density at radius 2 is 2.00 bits per heavy atom. The smallest absolute Gasteiger partial charge is 0.212 e. The summed E-state index contributed by atoms with van der Waals surface area (Å²) >= 11 is 0. The molecule has 0 spiro atoms. The van der Waals surface area contributed by atoms with Gasteiger partial charge < -0.3 is 0 Å². The summed E-state index contributed by atoms with van der Waals surface area (Å²) in [6, 6.07) is 6.09. The number of halogens is 1. The number of aryl methyl sites for hydroxylation is 1. The van der Waals surface area contributed by atoms with E-state index in [0.29, 0.717) is 11.3 Å². The van der Waals surface area contributed by atoms with Gasteiger partial charge in [-0.1, -0.05) is 13.0 Å². The Balaban J connectivity index is 2.27. The molecule has 0 radical (unpaired) electrons. The Kier molecular flexibility index (Phi) is 3.23. The molecular formula is C13H11FN2O. The zero-order valence-electron chi connectivity index (χ0n) is 9.35. The number of nitrogens with zero attached hydrogens (tertiary/aromatic N) is 2. The van der Waals surface area contributed by atoms with Crippen LogP contribution in [0, 0.1) is 5.95 Å². The van der Waals surface area contributed by atoms with Gasteiger partial charge in [-0.2, -0.15) is 4.39 Å². The Morgan fingerprint density at radius 3 is 2.53 bits per heavy atom. The maximum Gasteiger partial charge on any atom is 0.212 e. The van der Waals surface area contributed by atoms with Crippen LogP contribution in [0.15, 0.2) is 36.7 Å². The van der Waals surface area contributed by atoms with E-state index in [-0.39, 0.29) is 5.78 Å². The Morgan fingerprint density at radius 1 is 1.18 bits per heavy atom. The van der Waals surface area contributed by atoms with E-state index in [9.17, 15) is 9.18 Å². The Hall–Kier alpha value is -2.10. The molecule has 0 atom stereocenters. The number of hydrogen-bond acceptors (Lipinski definition) is 3. The minimum Gasteiger partial charge on any atom is -0.287 e. The van der Waals surface area contributed by atoms with Crippen LogP contribution in [0.5, 0.6) is 0 Å². The Bertz CT molecular complexity index is 520. The van der Waals surface area contributed by atoms with Crippen molar-refractivity contribution in [3.05, 3.63) is 59.4 Å². The van der Waals surface area contributed by atoms with E-state index in [4.69, 9.17) is 0 Å². The number of pyridine rings is 2. The van der Waals surface area contributed by atoms with Crippen LogP contribution in [0.25, 0.3) is 0 Å². The van der Waals surface area contributed by atoms with Crippen LogP contribution in [0.3, 0.4) is 0 Å². The molecule has 2 aromatic rings. The van der Waals surface area contributed by atoms with Crippen molar-refractivity contribution in [3.8, 4) is 0 Å². The van der Waals surface area contributed by atoms with Crippen molar-refractivity contribution in [2.45, 2.75) is 13.3 Å². The molecule has 0 saturated carbocycles. The lowest BCUT2D eigenvalue weighted by Gasteiger charge is -2.01. The van der Waals surface area contributed by atoms with Crippen molar-refractivity contribution >= 4 is 5.78 Å². The molecule has 0 aromatic carbocycles. The summed E-state index contributed by atoms with van der Waals surface area (Å²) < 4.78 is 12.6. The van der Waals surface area contributed by atoms with E-state index in [1.54, 1.807) is 12.3 Å². The number of hydrogen-bond donors (Lipinski definition) is 0. The van der Waals surface area contributed by atoms with Crippen molar-refractivity contribution in [2.24, 2.45) is 0 Å². The van der Waals surface area contributed by atoms with E-state index in [1.165, 1.54) is 12.3 Å². The third-order valence-corrected chi connectivity index (χ3v) is 2.46. The fourth-order valence-corrected chi connectivity index (χ4v) is 1.43. The minimum atomic E-state index is -0.601. The van der Waals surface area contributed by atoms with Crippen LogP contribution in [0.2, 0.25) is 0 Å². The topological polar surface area (TPSA) is 42.9 Å². The molecule has 0 N–H and O–H groups in total. The van der Waals surface area contributed by atoms with Gasteiger partial charge in [0.2, 0.25) is 11.7 Å². The number of ketones is 1. The summed E-state index contributed by atoms with van der Waals surface area (Å²) in [7, 11) is 0. The summed E-state index contributed by atoms with van der Waals surface area (Å²) in [4.78, 5) is 19.5. The molecule has 2 rings (SSSR count). The van der Waals surface area contributed by atoms with Crippen molar-refractivity contribution < 1.29 is 9.18 Å². The predicted molar refractivity (Wildman–Crippen MR) is 61.2 cm³/mol. The number of aromatic nitrogens is 2. The summed E-state index contributed by atoms with van der Waals surface area (Å²) in [5.74, 6) is -0.851. The van der Waals surface area contributed by atoms with Gasteiger partial charge in [-0.3, -0.25) is 9.78 Å². The first kappa shape index (κ1) is 11.4. The molecule has 0 aliphatic rings. The largest absolute Gasteiger partial charge is 0.287 e. The molecule has 0 aliphatic carbocycles. The number of rotatable bonds is 3. The normalized spacial score (nSPS) is 10.2. The molecule has 17 heavy (non-hydrogen) atoms. The maximum absolute atomic E-state index is 12.6. The molecule has 2 heterocycles. The summed E-state index contributed by atoms with van der Waals surface area (Å²) in [6.45, 7) is 2.02. The molecule has 86 valence electrons. The highest BCUT2D eigenvalue weighted by molar-refractivity contribution is 6.07. The van der Waals surface area contributed by atoms with Crippen molar-refractivity contribution in [2.75, 3.05) is 0 Å². The fraction of sp³-hybridized carbons (Fsp3) is 0.154. The standard InChI is InChI=1S/C13H11FN2O/c1-2-9-3-5-11(15-7-9)13(17)10-4-6-12(14)16-8-10/h3-8H,2H2,1H3. The van der Waals surface area contributed by atoms with Crippen LogP contribution in [0.4, 0.5) is 4.39 Å². The van der Waals surface area contributed by atoms with Gasteiger partial charge in [0.05, 0.1) is 0 Å². The molecule has 0 fully saturated rings. The van der Waals surface area contributed by atoms with E-state index >= 15 is 0 Å². The van der Waals surface area contributed by atoms with Gasteiger partial charge in [0.15, 0.2) is 0 Å². The van der Waals surface area contributed by atoms with Gasteiger partial charge in [0.25, 0.3) is 0 Å². The van der Waals surface area contributed by atoms with Crippen LogP contribution < -0.4 is 0 Å². The summed E-state index contributed by atoms with van der Waals surface area (Å²) in [5.41, 5.74) is 1.75. The first-order chi connectivity index (χ1) is 8.20. The molecule has 0 bridgehead atoms.